The molecule has 0 aromatic carbocycles. The van der Waals surface area contributed by atoms with Gasteiger partial charge in [0.25, 0.3) is 0 Å². The highest BCUT2D eigenvalue weighted by Crippen LogP contribution is 2.11. The van der Waals surface area contributed by atoms with E-state index in [4.69, 9.17) is 5.11 Å². The van der Waals surface area contributed by atoms with Gasteiger partial charge in [0, 0.05) is 12.6 Å². The topological polar surface area (TPSA) is 32.3 Å². The molecule has 2 N–H and O–H groups in total. The molecule has 0 amide bonds. The van der Waals surface area contributed by atoms with Gasteiger partial charge in [0.15, 0.2) is 0 Å². The van der Waals surface area contributed by atoms with E-state index in [-0.39, 0.29) is 19.0 Å². The summed E-state index contributed by atoms with van der Waals surface area (Å²) in [6.07, 6.45) is 15.3. The zero-order valence-electron chi connectivity index (χ0n) is 13.1. The predicted molar refractivity (Wildman–Crippen MR) is 88.3 cm³/mol. The Bertz CT molecular complexity index is 156. The maximum Gasteiger partial charge on any atom is 0.0556 e. The van der Waals surface area contributed by atoms with E-state index in [0.29, 0.717) is 6.04 Å². The van der Waals surface area contributed by atoms with E-state index in [1.54, 1.807) is 0 Å². The number of halogens is 1. The second-order valence-electron chi connectivity index (χ2n) is 5.55. The summed E-state index contributed by atoms with van der Waals surface area (Å²) >= 11 is 0. The van der Waals surface area contributed by atoms with Crippen LogP contribution in [0, 0.1) is 0 Å². The molecule has 1 unspecified atom stereocenters. The Balaban J connectivity index is 0. The normalized spacial score (nSPS) is 12.2. The maximum absolute atomic E-state index is 8.70. The van der Waals surface area contributed by atoms with Crippen molar-refractivity contribution in [3.8, 4) is 0 Å². The Morgan fingerprint density at radius 2 is 1.32 bits per heavy atom. The van der Waals surface area contributed by atoms with Crippen molar-refractivity contribution in [2.45, 2.75) is 90.5 Å². The number of hydrogen-bond donors (Lipinski definition) is 2. The fourth-order valence-electron chi connectivity index (χ4n) is 2.35. The van der Waals surface area contributed by atoms with Gasteiger partial charge in [-0.2, -0.15) is 0 Å². The van der Waals surface area contributed by atoms with Crippen LogP contribution in [0.1, 0.15) is 84.5 Å². The van der Waals surface area contributed by atoms with Crippen LogP contribution in [0.15, 0.2) is 0 Å². The summed E-state index contributed by atoms with van der Waals surface area (Å²) in [7, 11) is 0. The summed E-state index contributed by atoms with van der Waals surface area (Å²) in [6.45, 7) is 5.47. The maximum atomic E-state index is 8.70. The van der Waals surface area contributed by atoms with Crippen LogP contribution in [-0.4, -0.2) is 24.3 Å². The van der Waals surface area contributed by atoms with Gasteiger partial charge in [0.05, 0.1) is 6.61 Å². The van der Waals surface area contributed by atoms with Crippen molar-refractivity contribution in [2.24, 2.45) is 0 Å². The van der Waals surface area contributed by atoms with Crippen LogP contribution >= 0.6 is 12.4 Å². The minimum absolute atomic E-state index is 0. The highest BCUT2D eigenvalue weighted by Gasteiger charge is 1.99. The van der Waals surface area contributed by atoms with Gasteiger partial charge < -0.3 is 10.4 Å². The molecule has 0 saturated carbocycles. The molecule has 0 aromatic heterocycles. The van der Waals surface area contributed by atoms with E-state index in [1.165, 1.54) is 70.6 Å². The fourth-order valence-corrected chi connectivity index (χ4v) is 2.35. The molecule has 0 bridgehead atoms. The van der Waals surface area contributed by atoms with Crippen LogP contribution in [0.3, 0.4) is 0 Å². The van der Waals surface area contributed by atoms with E-state index < -0.39 is 0 Å². The third kappa shape index (κ3) is 18.2. The van der Waals surface area contributed by atoms with Crippen LogP contribution in [0.25, 0.3) is 0 Å². The first-order valence-corrected chi connectivity index (χ1v) is 8.15. The first kappa shape index (κ1) is 21.5. The lowest BCUT2D eigenvalue weighted by Crippen LogP contribution is -2.28. The number of unbranched alkanes of at least 4 members (excludes halogenated alkanes) is 9. The standard InChI is InChI=1S/C16H35NO.ClH/c1-3-4-5-6-7-8-9-10-11-12-13-16(2)17-14-15-18;/h16-18H,3-15H2,1-2H3;1H. The van der Waals surface area contributed by atoms with Crippen molar-refractivity contribution in [1.29, 1.82) is 0 Å². The third-order valence-corrected chi connectivity index (χ3v) is 3.60. The SMILES string of the molecule is CCCCCCCCCCCCC(C)NCCO.Cl. The average Bonchev–Trinajstić information content (AvgIpc) is 2.38. The molecule has 0 aromatic rings. The van der Waals surface area contributed by atoms with Crippen LogP contribution in [0.2, 0.25) is 0 Å². The van der Waals surface area contributed by atoms with Gasteiger partial charge in [-0.05, 0) is 13.3 Å². The summed E-state index contributed by atoms with van der Waals surface area (Å²) in [5, 5.41) is 12.0. The highest BCUT2D eigenvalue weighted by molar-refractivity contribution is 5.85. The molecule has 0 aliphatic carbocycles. The Kier molecular flexibility index (Phi) is 20.6. The van der Waals surface area contributed by atoms with Crippen molar-refractivity contribution in [3.05, 3.63) is 0 Å². The van der Waals surface area contributed by atoms with Gasteiger partial charge >= 0.3 is 0 Å². The Morgan fingerprint density at radius 1 is 0.842 bits per heavy atom. The Hall–Kier alpha value is 0.210. The first-order valence-electron chi connectivity index (χ1n) is 8.15. The number of hydrogen-bond acceptors (Lipinski definition) is 2. The molecule has 0 spiro atoms. The number of aliphatic hydroxyl groups excluding tert-OH is 1. The van der Waals surface area contributed by atoms with E-state index in [9.17, 15) is 0 Å². The minimum atomic E-state index is 0. The van der Waals surface area contributed by atoms with Crippen LogP contribution in [-0.2, 0) is 0 Å². The molecule has 2 nitrogen and oxygen atoms in total. The van der Waals surface area contributed by atoms with Crippen molar-refractivity contribution in [1.82, 2.24) is 5.32 Å². The van der Waals surface area contributed by atoms with E-state index in [2.05, 4.69) is 19.2 Å². The van der Waals surface area contributed by atoms with Gasteiger partial charge in [-0.3, -0.25) is 0 Å². The first-order chi connectivity index (χ1) is 8.81. The summed E-state index contributed by atoms with van der Waals surface area (Å²) in [5.41, 5.74) is 0. The quantitative estimate of drug-likeness (QED) is 0.455. The summed E-state index contributed by atoms with van der Waals surface area (Å²) in [4.78, 5) is 0. The lowest BCUT2D eigenvalue weighted by Gasteiger charge is -2.12. The van der Waals surface area contributed by atoms with Crippen molar-refractivity contribution < 1.29 is 5.11 Å². The summed E-state index contributed by atoms with van der Waals surface area (Å²) < 4.78 is 0. The molecule has 0 saturated heterocycles. The van der Waals surface area contributed by atoms with Gasteiger partial charge in [-0.1, -0.05) is 71.1 Å². The Labute approximate surface area is 127 Å². The average molecular weight is 294 g/mol. The number of aliphatic hydroxyl groups is 1. The fraction of sp³-hybridized carbons (Fsp3) is 1.00. The number of nitrogens with one attached hydrogen (secondary N) is 1. The van der Waals surface area contributed by atoms with Gasteiger partial charge in [-0.25, -0.2) is 0 Å². The lowest BCUT2D eigenvalue weighted by atomic mass is 10.0. The van der Waals surface area contributed by atoms with E-state index in [0.717, 1.165) is 6.54 Å². The molecule has 0 rings (SSSR count). The monoisotopic (exact) mass is 293 g/mol. The third-order valence-electron chi connectivity index (χ3n) is 3.60. The second-order valence-corrected chi connectivity index (χ2v) is 5.55. The molecule has 0 aliphatic rings. The molecule has 0 aliphatic heterocycles. The molecule has 0 fully saturated rings. The molecule has 0 heterocycles. The Morgan fingerprint density at radius 3 is 1.79 bits per heavy atom. The zero-order chi connectivity index (χ0) is 13.5. The predicted octanol–water partition coefficient (Wildman–Crippen LogP) is 4.69. The summed E-state index contributed by atoms with van der Waals surface area (Å²) in [6, 6.07) is 0.561. The van der Waals surface area contributed by atoms with Crippen LogP contribution in [0.4, 0.5) is 0 Å². The zero-order valence-corrected chi connectivity index (χ0v) is 13.9. The number of rotatable bonds is 14. The van der Waals surface area contributed by atoms with E-state index in [1.807, 2.05) is 0 Å². The molecule has 0 radical (unpaired) electrons. The molecular formula is C16H36ClNO. The van der Waals surface area contributed by atoms with Crippen molar-refractivity contribution >= 4 is 12.4 Å². The largest absolute Gasteiger partial charge is 0.395 e. The summed E-state index contributed by atoms with van der Waals surface area (Å²) in [5.74, 6) is 0. The van der Waals surface area contributed by atoms with Gasteiger partial charge in [0.2, 0.25) is 0 Å². The van der Waals surface area contributed by atoms with Gasteiger partial charge in [-0.15, -0.1) is 12.4 Å². The molecule has 118 valence electrons. The smallest absolute Gasteiger partial charge is 0.0556 e. The van der Waals surface area contributed by atoms with Crippen LogP contribution < -0.4 is 5.32 Å². The molecule has 3 heteroatoms. The van der Waals surface area contributed by atoms with E-state index >= 15 is 0 Å². The second kappa shape index (κ2) is 18.2. The van der Waals surface area contributed by atoms with Gasteiger partial charge in [0.1, 0.15) is 0 Å². The molecule has 1 atom stereocenters. The van der Waals surface area contributed by atoms with Crippen LogP contribution in [0.5, 0.6) is 0 Å². The lowest BCUT2D eigenvalue weighted by molar-refractivity contribution is 0.283. The molecule has 19 heavy (non-hydrogen) atoms. The highest BCUT2D eigenvalue weighted by atomic mass is 35.5. The minimum Gasteiger partial charge on any atom is -0.395 e. The van der Waals surface area contributed by atoms with Crippen molar-refractivity contribution in [2.75, 3.05) is 13.2 Å². The van der Waals surface area contributed by atoms with Crippen molar-refractivity contribution in [3.63, 3.8) is 0 Å². The molecular weight excluding hydrogens is 258 g/mol.